The maximum Gasteiger partial charge on any atom is 0.239 e. The molecule has 0 radical (unpaired) electrons. The van der Waals surface area contributed by atoms with Gasteiger partial charge in [0.2, 0.25) is 5.88 Å². The Morgan fingerprint density at radius 3 is 2.67 bits per heavy atom. The van der Waals surface area contributed by atoms with Crippen LogP contribution in [0.15, 0.2) is 55.0 Å². The molecule has 0 aliphatic carbocycles. The number of nitriles is 1. The number of ether oxygens (including phenoxy) is 2. The summed E-state index contributed by atoms with van der Waals surface area (Å²) in [5, 5.41) is 22.3. The lowest BCUT2D eigenvalue weighted by Gasteiger charge is -2.36. The molecular weight excluding hydrogens is 539 g/mol. The van der Waals surface area contributed by atoms with E-state index in [1.165, 1.54) is 6.33 Å². The number of aliphatic hydroxyl groups is 1. The van der Waals surface area contributed by atoms with Crippen molar-refractivity contribution in [3.05, 3.63) is 60.6 Å². The third-order valence-electron chi connectivity index (χ3n) is 7.59. The lowest BCUT2D eigenvalue weighted by Crippen LogP contribution is -2.46. The molecule has 4 heterocycles. The number of methoxy groups -OCH3 is 1. The van der Waals surface area contributed by atoms with Crippen molar-refractivity contribution in [2.24, 2.45) is 0 Å². The fourth-order valence-electron chi connectivity index (χ4n) is 5.10. The number of piperazine rings is 1. The third kappa shape index (κ3) is 6.53. The number of nitrogens with one attached hydrogen (secondary N) is 1. The molecule has 0 bridgehead atoms. The molecule has 2 unspecified atom stereocenters. The van der Waals surface area contributed by atoms with E-state index < -0.39 is 12.3 Å². The first-order valence-electron chi connectivity index (χ1n) is 13.8. The summed E-state index contributed by atoms with van der Waals surface area (Å²) < 4.78 is 26.4. The second-order valence-electron chi connectivity index (χ2n) is 10.4. The molecule has 2 fully saturated rings. The number of nitrogens with zero attached hydrogens (tertiary/aromatic N) is 7. The van der Waals surface area contributed by atoms with E-state index in [0.717, 1.165) is 31.9 Å². The highest BCUT2D eigenvalue weighted by Gasteiger charge is 2.32. The van der Waals surface area contributed by atoms with Gasteiger partial charge in [-0.05, 0) is 37.4 Å². The van der Waals surface area contributed by atoms with Crippen molar-refractivity contribution >= 4 is 17.3 Å². The molecule has 42 heavy (non-hydrogen) atoms. The largest absolute Gasteiger partial charge is 0.486 e. The highest BCUT2D eigenvalue weighted by atomic mass is 19.1. The SMILES string of the molecule is C=C(CO)N1CCC(Oc2ccc(-c3cc(Nc4ccc(N5CCN(C)CC5)c(OC)n4)ncn3)cc2C#N)C(F)C1. The minimum Gasteiger partial charge on any atom is -0.486 e. The van der Waals surface area contributed by atoms with Gasteiger partial charge in [-0.3, -0.25) is 0 Å². The molecule has 220 valence electrons. The minimum atomic E-state index is -1.29. The molecule has 0 saturated carbocycles. The van der Waals surface area contributed by atoms with Crippen molar-refractivity contribution in [3.63, 3.8) is 0 Å². The first-order valence-corrected chi connectivity index (χ1v) is 13.8. The van der Waals surface area contributed by atoms with E-state index in [1.54, 1.807) is 36.3 Å². The molecule has 5 rings (SSSR count). The number of rotatable bonds is 9. The zero-order valence-electron chi connectivity index (χ0n) is 23.8. The fraction of sp³-hybridized carbons (Fsp3) is 0.400. The highest BCUT2D eigenvalue weighted by Crippen LogP contribution is 2.32. The van der Waals surface area contributed by atoms with Crippen LogP contribution < -0.4 is 19.7 Å². The van der Waals surface area contributed by atoms with E-state index in [1.807, 2.05) is 12.1 Å². The number of likely N-dealkylation sites (tertiary alicyclic amines) is 1. The van der Waals surface area contributed by atoms with E-state index in [-0.39, 0.29) is 18.7 Å². The molecule has 2 saturated heterocycles. The minimum absolute atomic E-state index is 0.0834. The van der Waals surface area contributed by atoms with Gasteiger partial charge in [0.15, 0.2) is 6.17 Å². The van der Waals surface area contributed by atoms with E-state index in [0.29, 0.717) is 53.2 Å². The lowest BCUT2D eigenvalue weighted by molar-refractivity contribution is 0.0302. The number of piperidine rings is 1. The highest BCUT2D eigenvalue weighted by molar-refractivity contribution is 5.68. The van der Waals surface area contributed by atoms with Crippen molar-refractivity contribution in [2.45, 2.75) is 18.7 Å². The van der Waals surface area contributed by atoms with E-state index >= 15 is 0 Å². The maximum absolute atomic E-state index is 14.8. The molecule has 2 atom stereocenters. The van der Waals surface area contributed by atoms with E-state index in [2.05, 4.69) is 49.8 Å². The molecule has 2 aromatic heterocycles. The Hall–Kier alpha value is -4.47. The van der Waals surface area contributed by atoms with Gasteiger partial charge in [0.1, 0.15) is 41.6 Å². The van der Waals surface area contributed by atoms with Crippen LogP contribution in [0.25, 0.3) is 11.3 Å². The molecule has 2 aliphatic heterocycles. The number of halogens is 1. The number of benzene rings is 1. The van der Waals surface area contributed by atoms with Gasteiger partial charge in [-0.1, -0.05) is 6.58 Å². The van der Waals surface area contributed by atoms with Gasteiger partial charge in [0, 0.05) is 56.5 Å². The van der Waals surface area contributed by atoms with Crippen LogP contribution in [0.3, 0.4) is 0 Å². The Labute approximate surface area is 244 Å². The monoisotopic (exact) mass is 574 g/mol. The number of aliphatic hydroxyl groups excluding tert-OH is 1. The van der Waals surface area contributed by atoms with Gasteiger partial charge in [-0.25, -0.2) is 14.4 Å². The summed E-state index contributed by atoms with van der Waals surface area (Å²) in [4.78, 5) is 19.6. The van der Waals surface area contributed by atoms with Crippen LogP contribution in [0.4, 0.5) is 21.7 Å². The van der Waals surface area contributed by atoms with Crippen molar-refractivity contribution in [1.82, 2.24) is 24.8 Å². The number of hydrogen-bond acceptors (Lipinski definition) is 11. The van der Waals surface area contributed by atoms with Gasteiger partial charge in [0.25, 0.3) is 0 Å². The Morgan fingerprint density at radius 2 is 1.95 bits per heavy atom. The summed E-state index contributed by atoms with van der Waals surface area (Å²) in [6.45, 7) is 7.91. The van der Waals surface area contributed by atoms with Crippen molar-refractivity contribution in [1.29, 1.82) is 5.26 Å². The second kappa shape index (κ2) is 13.0. The third-order valence-corrected chi connectivity index (χ3v) is 7.59. The Kier molecular flexibility index (Phi) is 9.00. The number of aromatic nitrogens is 3. The number of likely N-dealkylation sites (N-methyl/N-ethyl adjacent to an activating group) is 1. The smallest absolute Gasteiger partial charge is 0.239 e. The predicted octanol–water partition coefficient (Wildman–Crippen LogP) is 3.21. The lowest BCUT2D eigenvalue weighted by atomic mass is 10.0. The fourth-order valence-corrected chi connectivity index (χ4v) is 5.10. The standard InChI is InChI=1S/C30H35FN8O3/c1-20(18-40)39-9-8-27(23(31)17-39)42-26-6-4-21(14-22(26)16-32)24-15-29(34-19-33-24)35-28-7-5-25(30(36-28)41-3)38-12-10-37(2)11-13-38/h4-7,14-15,19,23,27,40H,1,8-13,17-18H2,2-3H3,(H,33,34,35,36). The van der Waals surface area contributed by atoms with Crippen LogP contribution >= 0.6 is 0 Å². The first-order chi connectivity index (χ1) is 20.4. The number of alkyl halides is 1. The summed E-state index contributed by atoms with van der Waals surface area (Å²) in [5.41, 5.74) is 2.99. The molecule has 2 N–H and O–H groups in total. The van der Waals surface area contributed by atoms with Crippen LogP contribution in [-0.4, -0.2) is 102 Å². The van der Waals surface area contributed by atoms with Crippen LogP contribution in [-0.2, 0) is 0 Å². The van der Waals surface area contributed by atoms with Crippen LogP contribution in [0, 0.1) is 11.3 Å². The summed E-state index contributed by atoms with van der Waals surface area (Å²) in [6.07, 6.45) is -0.145. The summed E-state index contributed by atoms with van der Waals surface area (Å²) in [5.74, 6) is 1.95. The van der Waals surface area contributed by atoms with Gasteiger partial charge < -0.3 is 34.6 Å². The van der Waals surface area contributed by atoms with Crippen LogP contribution in [0.5, 0.6) is 11.6 Å². The average Bonchev–Trinajstić information content (AvgIpc) is 3.02. The van der Waals surface area contributed by atoms with E-state index in [9.17, 15) is 14.8 Å². The number of pyridine rings is 1. The zero-order chi connectivity index (χ0) is 29.6. The second-order valence-corrected chi connectivity index (χ2v) is 10.4. The van der Waals surface area contributed by atoms with Crippen molar-refractivity contribution in [3.8, 4) is 29.0 Å². The molecule has 2 aliphatic rings. The summed E-state index contributed by atoms with van der Waals surface area (Å²) in [7, 11) is 3.73. The van der Waals surface area contributed by atoms with E-state index in [4.69, 9.17) is 9.47 Å². The summed E-state index contributed by atoms with van der Waals surface area (Å²) in [6, 6.07) is 12.9. The molecule has 1 aromatic carbocycles. The molecule has 11 nitrogen and oxygen atoms in total. The van der Waals surface area contributed by atoms with Gasteiger partial charge in [-0.15, -0.1) is 0 Å². The molecular formula is C30H35FN8O3. The molecule has 12 heteroatoms. The van der Waals surface area contributed by atoms with Gasteiger partial charge >= 0.3 is 0 Å². The number of hydrogen-bond donors (Lipinski definition) is 2. The van der Waals surface area contributed by atoms with Crippen LogP contribution in [0.1, 0.15) is 12.0 Å². The van der Waals surface area contributed by atoms with Crippen molar-refractivity contribution < 1.29 is 19.0 Å². The Morgan fingerprint density at radius 1 is 1.14 bits per heavy atom. The number of anilines is 3. The van der Waals surface area contributed by atoms with Gasteiger partial charge in [0.05, 0.1) is 31.5 Å². The molecule has 0 spiro atoms. The first kappa shape index (κ1) is 29.0. The topological polar surface area (TPSA) is 123 Å². The quantitative estimate of drug-likeness (QED) is 0.392. The summed E-state index contributed by atoms with van der Waals surface area (Å²) >= 11 is 0. The molecule has 0 amide bonds. The Balaban J connectivity index is 1.28. The maximum atomic E-state index is 14.8. The predicted molar refractivity (Wildman–Crippen MR) is 158 cm³/mol. The normalized spacial score (nSPS) is 19.2. The van der Waals surface area contributed by atoms with Crippen molar-refractivity contribution in [2.75, 3.05) is 70.2 Å². The Bertz CT molecular complexity index is 1460. The average molecular weight is 575 g/mol. The van der Waals surface area contributed by atoms with Gasteiger partial charge in [-0.2, -0.15) is 10.2 Å². The molecule has 3 aromatic rings. The van der Waals surface area contributed by atoms with Crippen LogP contribution in [0.2, 0.25) is 0 Å². The zero-order valence-corrected chi connectivity index (χ0v) is 23.8.